The van der Waals surface area contributed by atoms with E-state index in [2.05, 4.69) is 5.32 Å². The van der Waals surface area contributed by atoms with Crippen LogP contribution in [0.25, 0.3) is 0 Å². The van der Waals surface area contributed by atoms with E-state index in [1.165, 1.54) is 5.56 Å². The van der Waals surface area contributed by atoms with Gasteiger partial charge in [0.25, 0.3) is 5.91 Å². The van der Waals surface area contributed by atoms with Crippen LogP contribution in [0.2, 0.25) is 0 Å². The fourth-order valence-electron chi connectivity index (χ4n) is 3.50. The minimum atomic E-state index is -0.0152. The highest BCUT2D eigenvalue weighted by Gasteiger charge is 2.24. The van der Waals surface area contributed by atoms with Gasteiger partial charge in [-0.15, -0.1) is 0 Å². The van der Waals surface area contributed by atoms with E-state index in [1.807, 2.05) is 67.3 Å². The molecule has 1 fully saturated rings. The monoisotopic (exact) mass is 424 g/mol. The molecule has 1 N–H and O–H groups in total. The van der Waals surface area contributed by atoms with Crippen molar-refractivity contribution in [3.8, 4) is 11.5 Å². The summed E-state index contributed by atoms with van der Waals surface area (Å²) in [5.74, 6) is 1.56. The molecule has 1 aliphatic heterocycles. The third-order valence-corrected chi connectivity index (χ3v) is 5.43. The van der Waals surface area contributed by atoms with Crippen LogP contribution in [0.1, 0.15) is 36.8 Å². The largest absolute Gasteiger partial charge is 0.494 e. The second-order valence-corrected chi connectivity index (χ2v) is 8.09. The highest BCUT2D eigenvalue weighted by Crippen LogP contribution is 2.15. The number of amides is 2. The average molecular weight is 425 g/mol. The number of hydrogen-bond donors (Lipinski definition) is 1. The molecule has 0 saturated carbocycles. The van der Waals surface area contributed by atoms with Crippen LogP contribution in [0.3, 0.4) is 0 Å². The third-order valence-electron chi connectivity index (χ3n) is 5.43. The number of hydrogen-bond acceptors (Lipinski definition) is 4. The number of carbonyl (C=O) groups excluding carboxylic acids is 2. The zero-order valence-corrected chi connectivity index (χ0v) is 18.4. The number of aryl methyl sites for hydroxylation is 2. The van der Waals surface area contributed by atoms with Gasteiger partial charge in [0.05, 0.1) is 6.61 Å². The lowest BCUT2D eigenvalue weighted by Crippen LogP contribution is -2.47. The number of ether oxygens (including phenoxy) is 2. The normalized spacial score (nSPS) is 14.2. The Morgan fingerprint density at radius 1 is 0.903 bits per heavy atom. The van der Waals surface area contributed by atoms with Gasteiger partial charge in [0.2, 0.25) is 5.91 Å². The highest BCUT2D eigenvalue weighted by molar-refractivity contribution is 5.78. The van der Waals surface area contributed by atoms with E-state index in [-0.39, 0.29) is 24.5 Å². The van der Waals surface area contributed by atoms with Gasteiger partial charge in [-0.25, -0.2) is 0 Å². The van der Waals surface area contributed by atoms with Crippen molar-refractivity contribution < 1.29 is 19.1 Å². The molecule has 166 valence electrons. The Hall–Kier alpha value is -3.02. The predicted molar refractivity (Wildman–Crippen MR) is 120 cm³/mol. The van der Waals surface area contributed by atoms with E-state index >= 15 is 0 Å². The average Bonchev–Trinajstić information content (AvgIpc) is 2.78. The minimum Gasteiger partial charge on any atom is -0.494 e. The minimum absolute atomic E-state index is 0.0152. The number of likely N-dealkylation sites (tertiary alicyclic amines) is 1. The first-order chi connectivity index (χ1) is 15.0. The summed E-state index contributed by atoms with van der Waals surface area (Å²) in [4.78, 5) is 26.4. The maximum atomic E-state index is 12.4. The maximum Gasteiger partial charge on any atom is 0.260 e. The summed E-state index contributed by atoms with van der Waals surface area (Å²) < 4.78 is 11.3. The molecule has 3 rings (SSSR count). The molecule has 0 atom stereocenters. The van der Waals surface area contributed by atoms with Crippen molar-refractivity contribution in [3.63, 3.8) is 0 Å². The van der Waals surface area contributed by atoms with Crippen LogP contribution in [-0.2, 0) is 9.59 Å². The maximum absolute atomic E-state index is 12.4. The number of nitrogens with zero attached hydrogens (tertiary/aromatic N) is 1. The first-order valence-corrected chi connectivity index (χ1v) is 11.0. The molecule has 0 aliphatic carbocycles. The summed E-state index contributed by atoms with van der Waals surface area (Å²) in [6.45, 7) is 5.88. The molecule has 1 aliphatic rings. The van der Waals surface area contributed by atoms with E-state index in [1.54, 1.807) is 0 Å². The van der Waals surface area contributed by atoms with E-state index in [0.29, 0.717) is 38.3 Å². The van der Waals surface area contributed by atoms with Crippen molar-refractivity contribution in [3.05, 3.63) is 59.7 Å². The summed E-state index contributed by atoms with van der Waals surface area (Å²) in [5, 5.41) is 3.08. The lowest BCUT2D eigenvalue weighted by Gasteiger charge is -2.32. The summed E-state index contributed by atoms with van der Waals surface area (Å²) in [7, 11) is 0. The predicted octanol–water partition coefficient (Wildman–Crippen LogP) is 3.65. The molecule has 0 spiro atoms. The smallest absolute Gasteiger partial charge is 0.260 e. The second-order valence-electron chi connectivity index (χ2n) is 8.09. The van der Waals surface area contributed by atoms with E-state index in [9.17, 15) is 9.59 Å². The number of carbonyl (C=O) groups is 2. The van der Waals surface area contributed by atoms with Crippen LogP contribution in [0.15, 0.2) is 48.5 Å². The fraction of sp³-hybridized carbons (Fsp3) is 0.440. The zero-order valence-electron chi connectivity index (χ0n) is 18.4. The van der Waals surface area contributed by atoms with Crippen LogP contribution in [0.4, 0.5) is 0 Å². The van der Waals surface area contributed by atoms with Crippen molar-refractivity contribution in [1.29, 1.82) is 0 Å². The first kappa shape index (κ1) is 22.7. The Bertz CT molecular complexity index is 841. The summed E-state index contributed by atoms with van der Waals surface area (Å²) in [5.41, 5.74) is 2.35. The Morgan fingerprint density at radius 3 is 2.03 bits per heavy atom. The number of rotatable bonds is 9. The molecule has 1 saturated heterocycles. The Kier molecular flexibility index (Phi) is 8.33. The van der Waals surface area contributed by atoms with E-state index in [4.69, 9.17) is 9.47 Å². The lowest BCUT2D eigenvalue weighted by atomic mass is 10.0. The Balaban J connectivity index is 1.28. The van der Waals surface area contributed by atoms with Crippen molar-refractivity contribution in [2.45, 2.75) is 45.6 Å². The zero-order chi connectivity index (χ0) is 22.1. The molecule has 6 nitrogen and oxygen atoms in total. The van der Waals surface area contributed by atoms with Crippen LogP contribution in [0, 0.1) is 13.8 Å². The van der Waals surface area contributed by atoms with Gasteiger partial charge in [-0.2, -0.15) is 0 Å². The van der Waals surface area contributed by atoms with Gasteiger partial charge in [-0.3, -0.25) is 9.59 Å². The van der Waals surface area contributed by atoms with Gasteiger partial charge >= 0.3 is 0 Å². The van der Waals surface area contributed by atoms with Crippen LogP contribution in [-0.4, -0.2) is 49.1 Å². The topological polar surface area (TPSA) is 67.9 Å². The van der Waals surface area contributed by atoms with Crippen molar-refractivity contribution in [2.75, 3.05) is 26.3 Å². The molecule has 0 bridgehead atoms. The Labute approximate surface area is 184 Å². The molecule has 0 unspecified atom stereocenters. The summed E-state index contributed by atoms with van der Waals surface area (Å²) in [6, 6.07) is 15.7. The molecular weight excluding hydrogens is 392 g/mol. The molecule has 0 aromatic heterocycles. The second kappa shape index (κ2) is 11.4. The van der Waals surface area contributed by atoms with Crippen LogP contribution in [0.5, 0.6) is 11.5 Å². The standard InChI is InChI=1S/C25H32N2O4/c1-19-5-9-22(10-6-19)30-17-3-4-24(28)26-21-13-15-27(16-14-21)25(29)18-31-23-11-7-20(2)8-12-23/h5-12,21H,3-4,13-18H2,1-2H3,(H,26,28). The molecule has 31 heavy (non-hydrogen) atoms. The third kappa shape index (κ3) is 7.63. The molecule has 2 aromatic rings. The van der Waals surface area contributed by atoms with E-state index < -0.39 is 0 Å². The van der Waals surface area contributed by atoms with Crippen LogP contribution >= 0.6 is 0 Å². The molecule has 2 amide bonds. The van der Waals surface area contributed by atoms with Gasteiger partial charge < -0.3 is 19.7 Å². The fourth-order valence-corrected chi connectivity index (χ4v) is 3.50. The molecule has 1 heterocycles. The van der Waals surface area contributed by atoms with Crippen LogP contribution < -0.4 is 14.8 Å². The van der Waals surface area contributed by atoms with Crippen molar-refractivity contribution in [1.82, 2.24) is 10.2 Å². The van der Waals surface area contributed by atoms with Gasteiger partial charge in [0.15, 0.2) is 6.61 Å². The lowest BCUT2D eigenvalue weighted by molar-refractivity contribution is -0.134. The number of nitrogens with one attached hydrogen (secondary N) is 1. The quantitative estimate of drug-likeness (QED) is 0.624. The number of piperidine rings is 1. The van der Waals surface area contributed by atoms with Crippen molar-refractivity contribution in [2.24, 2.45) is 0 Å². The first-order valence-electron chi connectivity index (χ1n) is 11.0. The molecule has 0 radical (unpaired) electrons. The summed E-state index contributed by atoms with van der Waals surface area (Å²) >= 11 is 0. The molecule has 6 heteroatoms. The van der Waals surface area contributed by atoms with Gasteiger partial charge in [-0.1, -0.05) is 35.4 Å². The molecular formula is C25H32N2O4. The SMILES string of the molecule is Cc1ccc(OCCCC(=O)NC2CCN(C(=O)COc3ccc(C)cc3)CC2)cc1. The Morgan fingerprint density at radius 2 is 1.45 bits per heavy atom. The van der Waals surface area contributed by atoms with Gasteiger partial charge in [-0.05, 0) is 57.4 Å². The number of benzene rings is 2. The van der Waals surface area contributed by atoms with Gasteiger partial charge in [0.1, 0.15) is 11.5 Å². The summed E-state index contributed by atoms with van der Waals surface area (Å²) in [6.07, 6.45) is 2.65. The van der Waals surface area contributed by atoms with Gasteiger partial charge in [0, 0.05) is 25.6 Å². The van der Waals surface area contributed by atoms with Crippen molar-refractivity contribution >= 4 is 11.8 Å². The van der Waals surface area contributed by atoms with E-state index in [0.717, 1.165) is 24.2 Å². The molecule has 2 aromatic carbocycles. The highest BCUT2D eigenvalue weighted by atomic mass is 16.5.